The fraction of sp³-hybridized carbons (Fsp3) is 0.458. The Morgan fingerprint density at radius 3 is 2.55 bits per heavy atom. The van der Waals surface area contributed by atoms with Gasteiger partial charge in [-0.3, -0.25) is 14.4 Å². The van der Waals surface area contributed by atoms with Crippen LogP contribution in [-0.4, -0.2) is 66.3 Å². The summed E-state index contributed by atoms with van der Waals surface area (Å²) in [5.74, 6) is -0.610. The molecule has 0 saturated carbocycles. The monoisotopic (exact) mass is 534 g/mol. The Bertz CT molecular complexity index is 1050. The number of carbonyl (C=O) groups is 3. The van der Waals surface area contributed by atoms with Gasteiger partial charge in [-0.05, 0) is 99.5 Å². The van der Waals surface area contributed by atoms with E-state index in [0.717, 1.165) is 35.3 Å². The molecule has 9 heteroatoms. The van der Waals surface area contributed by atoms with E-state index < -0.39 is 5.54 Å². The van der Waals surface area contributed by atoms with Gasteiger partial charge < -0.3 is 20.4 Å². The van der Waals surface area contributed by atoms with Crippen LogP contribution in [0.4, 0.5) is 5.69 Å². The molecule has 1 aliphatic heterocycles. The zero-order valence-corrected chi connectivity index (χ0v) is 22.1. The highest BCUT2D eigenvalue weighted by molar-refractivity contribution is 9.11. The minimum Gasteiger partial charge on any atom is -0.337 e. The number of hydrogen-bond acceptors (Lipinski definition) is 5. The van der Waals surface area contributed by atoms with Crippen molar-refractivity contribution in [3.8, 4) is 0 Å². The largest absolute Gasteiger partial charge is 0.337 e. The first-order chi connectivity index (χ1) is 15.5. The zero-order chi connectivity index (χ0) is 24.3. The lowest BCUT2D eigenvalue weighted by Crippen LogP contribution is -2.52. The summed E-state index contributed by atoms with van der Waals surface area (Å²) < 4.78 is 0.849. The molecule has 1 aromatic heterocycles. The molecule has 1 saturated heterocycles. The first-order valence-corrected chi connectivity index (χ1v) is 12.5. The van der Waals surface area contributed by atoms with Crippen molar-refractivity contribution in [3.05, 3.63) is 50.1 Å². The van der Waals surface area contributed by atoms with Crippen molar-refractivity contribution in [2.45, 2.75) is 45.2 Å². The third-order valence-electron chi connectivity index (χ3n) is 5.72. The Morgan fingerprint density at radius 1 is 1.21 bits per heavy atom. The Kier molecular flexibility index (Phi) is 7.97. The molecule has 1 unspecified atom stereocenters. The Balaban J connectivity index is 1.67. The van der Waals surface area contributed by atoms with Crippen molar-refractivity contribution < 1.29 is 14.4 Å². The molecule has 3 amide bonds. The Labute approximate surface area is 207 Å². The third-order valence-corrected chi connectivity index (χ3v) is 7.34. The fourth-order valence-corrected chi connectivity index (χ4v) is 5.26. The molecule has 2 heterocycles. The number of nitrogens with zero attached hydrogens (tertiary/aromatic N) is 2. The molecule has 0 spiro atoms. The highest BCUT2D eigenvalue weighted by Crippen LogP contribution is 2.25. The molecule has 7 nitrogen and oxygen atoms in total. The zero-order valence-electron chi connectivity index (χ0n) is 19.7. The fourth-order valence-electron chi connectivity index (χ4n) is 3.98. The lowest BCUT2D eigenvalue weighted by atomic mass is 10.0. The molecule has 0 bridgehead atoms. The maximum absolute atomic E-state index is 13.2. The second-order valence-corrected chi connectivity index (χ2v) is 11.7. The molecule has 0 radical (unpaired) electrons. The summed E-state index contributed by atoms with van der Waals surface area (Å²) in [6, 6.07) is 9.04. The summed E-state index contributed by atoms with van der Waals surface area (Å²) in [6.07, 6.45) is 2.03. The molecular formula is C24H31BrN4O3S. The molecule has 0 aliphatic carbocycles. The van der Waals surface area contributed by atoms with Gasteiger partial charge in [0.25, 0.3) is 11.8 Å². The van der Waals surface area contributed by atoms with Gasteiger partial charge in [-0.2, -0.15) is 0 Å². The topological polar surface area (TPSA) is 81.8 Å². The summed E-state index contributed by atoms with van der Waals surface area (Å²) in [7, 11) is 4.04. The second-order valence-electron chi connectivity index (χ2n) is 9.22. The number of likely N-dealkylation sites (N-methyl/N-ethyl adjacent to an activating group) is 1. The van der Waals surface area contributed by atoms with E-state index in [0.29, 0.717) is 16.1 Å². The lowest BCUT2D eigenvalue weighted by Gasteiger charge is -2.28. The van der Waals surface area contributed by atoms with Crippen LogP contribution >= 0.6 is 27.3 Å². The minimum atomic E-state index is -1.12. The first-order valence-electron chi connectivity index (χ1n) is 10.9. The van der Waals surface area contributed by atoms with Crippen LogP contribution in [-0.2, 0) is 4.79 Å². The standard InChI is InChI=1S/C24H31BrN4O3S/c1-15-13-16(8-9-18(15)22(31)29-12-6-7-17(29)14-28(4)5)26-23(32)24(2,3)27-21(30)19-10-11-20(25)33-19/h8-11,13,17H,6-7,12,14H2,1-5H3,(H,26,32)(H,27,30). The highest BCUT2D eigenvalue weighted by Gasteiger charge is 2.32. The third kappa shape index (κ3) is 6.22. The van der Waals surface area contributed by atoms with Crippen molar-refractivity contribution in [2.75, 3.05) is 32.5 Å². The number of thiophene rings is 1. The minimum absolute atomic E-state index is 0.0319. The van der Waals surface area contributed by atoms with Gasteiger partial charge in [-0.15, -0.1) is 11.3 Å². The molecule has 3 rings (SSSR count). The summed E-state index contributed by atoms with van der Waals surface area (Å²) >= 11 is 4.65. The van der Waals surface area contributed by atoms with Crippen molar-refractivity contribution in [1.82, 2.24) is 15.1 Å². The van der Waals surface area contributed by atoms with Gasteiger partial charge in [0.05, 0.1) is 8.66 Å². The maximum Gasteiger partial charge on any atom is 0.262 e. The Morgan fingerprint density at radius 2 is 1.94 bits per heavy atom. The second kappa shape index (κ2) is 10.4. The van der Waals surface area contributed by atoms with Crippen LogP contribution in [0.5, 0.6) is 0 Å². The van der Waals surface area contributed by atoms with Gasteiger partial charge in [0.1, 0.15) is 5.54 Å². The van der Waals surface area contributed by atoms with Crippen LogP contribution in [0.3, 0.4) is 0 Å². The number of carbonyl (C=O) groups excluding carboxylic acids is 3. The molecule has 33 heavy (non-hydrogen) atoms. The number of nitrogens with one attached hydrogen (secondary N) is 2. The van der Waals surface area contributed by atoms with Crippen LogP contribution < -0.4 is 10.6 Å². The van der Waals surface area contributed by atoms with Crippen LogP contribution in [0.15, 0.2) is 34.1 Å². The smallest absolute Gasteiger partial charge is 0.262 e. The van der Waals surface area contributed by atoms with Crippen molar-refractivity contribution >= 4 is 50.7 Å². The predicted molar refractivity (Wildman–Crippen MR) is 136 cm³/mol. The quantitative estimate of drug-likeness (QED) is 0.559. The maximum atomic E-state index is 13.2. The highest BCUT2D eigenvalue weighted by atomic mass is 79.9. The molecule has 1 fully saturated rings. The summed E-state index contributed by atoms with van der Waals surface area (Å²) in [6.45, 7) is 6.81. The number of aryl methyl sites for hydroxylation is 1. The van der Waals surface area contributed by atoms with E-state index in [9.17, 15) is 14.4 Å². The van der Waals surface area contributed by atoms with E-state index in [1.807, 2.05) is 25.9 Å². The van der Waals surface area contributed by atoms with E-state index in [-0.39, 0.29) is 23.8 Å². The number of benzene rings is 1. The van der Waals surface area contributed by atoms with Crippen molar-refractivity contribution in [2.24, 2.45) is 0 Å². The molecule has 178 valence electrons. The average Bonchev–Trinajstić information content (AvgIpc) is 3.36. The normalized spacial score (nSPS) is 16.2. The van der Waals surface area contributed by atoms with E-state index in [1.165, 1.54) is 11.3 Å². The predicted octanol–water partition coefficient (Wildman–Crippen LogP) is 4.13. The van der Waals surface area contributed by atoms with Gasteiger partial charge in [0, 0.05) is 30.4 Å². The Hall–Kier alpha value is -2.23. The number of anilines is 1. The average molecular weight is 536 g/mol. The number of amides is 3. The van der Waals surface area contributed by atoms with Gasteiger partial charge in [0.2, 0.25) is 5.91 Å². The van der Waals surface area contributed by atoms with Gasteiger partial charge in [-0.25, -0.2) is 0 Å². The lowest BCUT2D eigenvalue weighted by molar-refractivity contribution is -0.120. The number of rotatable bonds is 7. The van der Waals surface area contributed by atoms with E-state index in [1.54, 1.807) is 44.2 Å². The SMILES string of the molecule is Cc1cc(NC(=O)C(C)(C)NC(=O)c2ccc(Br)s2)ccc1C(=O)N1CCCC1CN(C)C. The molecule has 2 aromatic rings. The van der Waals surface area contributed by atoms with E-state index in [4.69, 9.17) is 0 Å². The van der Waals surface area contributed by atoms with Gasteiger partial charge in [-0.1, -0.05) is 0 Å². The molecule has 1 aliphatic rings. The molecule has 2 N–H and O–H groups in total. The van der Waals surface area contributed by atoms with Crippen LogP contribution in [0.1, 0.15) is 52.3 Å². The van der Waals surface area contributed by atoms with Crippen LogP contribution in [0, 0.1) is 6.92 Å². The molecule has 1 aromatic carbocycles. The van der Waals surface area contributed by atoms with E-state index in [2.05, 4.69) is 31.5 Å². The number of hydrogen-bond donors (Lipinski definition) is 2. The first kappa shape index (κ1) is 25.4. The van der Waals surface area contributed by atoms with Gasteiger partial charge >= 0.3 is 0 Å². The number of halogens is 1. The summed E-state index contributed by atoms with van der Waals surface area (Å²) in [5.41, 5.74) is 0.917. The summed E-state index contributed by atoms with van der Waals surface area (Å²) in [4.78, 5) is 43.1. The van der Waals surface area contributed by atoms with E-state index >= 15 is 0 Å². The molecular weight excluding hydrogens is 504 g/mol. The molecule has 1 atom stereocenters. The van der Waals surface area contributed by atoms with Gasteiger partial charge in [0.15, 0.2) is 0 Å². The van der Waals surface area contributed by atoms with Crippen molar-refractivity contribution in [3.63, 3.8) is 0 Å². The number of likely N-dealkylation sites (tertiary alicyclic amines) is 1. The van der Waals surface area contributed by atoms with Crippen LogP contribution in [0.25, 0.3) is 0 Å². The summed E-state index contributed by atoms with van der Waals surface area (Å²) in [5, 5.41) is 5.65. The van der Waals surface area contributed by atoms with Crippen molar-refractivity contribution in [1.29, 1.82) is 0 Å². The van der Waals surface area contributed by atoms with Crippen LogP contribution in [0.2, 0.25) is 0 Å².